The Kier molecular flexibility index (Phi) is 4.06. The maximum atomic E-state index is 6.24. The molecule has 1 aromatic rings. The number of rotatable bonds is 3. The van der Waals surface area contributed by atoms with E-state index in [2.05, 4.69) is 45.9 Å². The minimum atomic E-state index is -0.284. The third-order valence-corrected chi connectivity index (χ3v) is 6.25. The zero-order valence-corrected chi connectivity index (χ0v) is 15.4. The summed E-state index contributed by atoms with van der Waals surface area (Å²) in [5.74, 6) is 1.28. The lowest BCUT2D eigenvalue weighted by Gasteiger charge is -2.32. The highest BCUT2D eigenvalue weighted by Gasteiger charge is 2.51. The molecular formula is C20H29BO3. The number of benzene rings is 1. The Bertz CT molecular complexity index is 599. The maximum Gasteiger partial charge on any atom is 0.494 e. The second-order valence-corrected chi connectivity index (χ2v) is 8.66. The van der Waals surface area contributed by atoms with Gasteiger partial charge in [-0.15, -0.1) is 0 Å². The van der Waals surface area contributed by atoms with E-state index in [4.69, 9.17) is 14.0 Å². The monoisotopic (exact) mass is 328 g/mol. The van der Waals surface area contributed by atoms with E-state index in [1.54, 1.807) is 0 Å². The summed E-state index contributed by atoms with van der Waals surface area (Å²) in [5, 5.41) is 0. The lowest BCUT2D eigenvalue weighted by atomic mass is 9.75. The van der Waals surface area contributed by atoms with Gasteiger partial charge in [-0.3, -0.25) is 0 Å². The van der Waals surface area contributed by atoms with Crippen LogP contribution in [-0.2, 0) is 14.0 Å². The van der Waals surface area contributed by atoms with Gasteiger partial charge in [0.25, 0.3) is 0 Å². The minimum Gasteiger partial charge on any atom is -0.399 e. The van der Waals surface area contributed by atoms with Crippen molar-refractivity contribution in [2.75, 3.05) is 13.2 Å². The predicted molar refractivity (Wildman–Crippen MR) is 96.9 cm³/mol. The van der Waals surface area contributed by atoms with Crippen molar-refractivity contribution in [1.29, 1.82) is 0 Å². The Morgan fingerprint density at radius 2 is 1.62 bits per heavy atom. The molecule has 4 heteroatoms. The van der Waals surface area contributed by atoms with Gasteiger partial charge in [0, 0.05) is 12.5 Å². The van der Waals surface area contributed by atoms with Crippen LogP contribution in [0, 0.1) is 0 Å². The SMILES string of the molecule is CC1(C)OB(c2ccc(C3CCCOC3)c(C3CC3)c2)OC1(C)C. The van der Waals surface area contributed by atoms with Gasteiger partial charge in [-0.1, -0.05) is 18.2 Å². The maximum absolute atomic E-state index is 6.24. The van der Waals surface area contributed by atoms with Crippen LogP contribution in [-0.4, -0.2) is 31.5 Å². The zero-order chi connectivity index (χ0) is 16.9. The summed E-state index contributed by atoms with van der Waals surface area (Å²) in [4.78, 5) is 0. The first-order valence-corrected chi connectivity index (χ1v) is 9.44. The molecule has 1 aromatic carbocycles. The molecule has 0 bridgehead atoms. The van der Waals surface area contributed by atoms with Gasteiger partial charge < -0.3 is 14.0 Å². The molecule has 0 N–H and O–H groups in total. The molecule has 3 nitrogen and oxygen atoms in total. The average Bonchev–Trinajstić information content (AvgIpc) is 3.35. The van der Waals surface area contributed by atoms with E-state index in [1.165, 1.54) is 36.8 Å². The Labute approximate surface area is 146 Å². The smallest absolute Gasteiger partial charge is 0.399 e. The summed E-state index contributed by atoms with van der Waals surface area (Å²) in [6.07, 6.45) is 5.05. The number of ether oxygens (including phenoxy) is 1. The Morgan fingerprint density at radius 3 is 2.21 bits per heavy atom. The molecule has 3 aliphatic rings. The normalized spacial score (nSPS) is 29.0. The molecule has 130 valence electrons. The molecular weight excluding hydrogens is 299 g/mol. The third-order valence-electron chi connectivity index (χ3n) is 6.25. The lowest BCUT2D eigenvalue weighted by molar-refractivity contribution is 0.00578. The van der Waals surface area contributed by atoms with E-state index in [0.29, 0.717) is 5.92 Å². The second-order valence-electron chi connectivity index (χ2n) is 8.66. The molecule has 1 unspecified atom stereocenters. The molecule has 2 saturated heterocycles. The standard InChI is InChI=1S/C20H29BO3/c1-19(2)20(3,4)24-21(23-19)16-9-10-17(15-6-5-11-22-13-15)18(12-16)14-7-8-14/h9-10,12,14-15H,5-8,11,13H2,1-4H3. The van der Waals surface area contributed by atoms with Crippen LogP contribution in [0.25, 0.3) is 0 Å². The molecule has 1 saturated carbocycles. The first-order valence-electron chi connectivity index (χ1n) is 9.44. The van der Waals surface area contributed by atoms with Crippen molar-refractivity contribution in [3.63, 3.8) is 0 Å². The van der Waals surface area contributed by atoms with E-state index < -0.39 is 0 Å². The summed E-state index contributed by atoms with van der Waals surface area (Å²) in [5.41, 5.74) is 3.60. The zero-order valence-electron chi connectivity index (χ0n) is 15.4. The Hall–Kier alpha value is -0.835. The van der Waals surface area contributed by atoms with Crippen molar-refractivity contribution in [1.82, 2.24) is 0 Å². The van der Waals surface area contributed by atoms with E-state index in [1.807, 2.05) is 0 Å². The van der Waals surface area contributed by atoms with E-state index >= 15 is 0 Å². The van der Waals surface area contributed by atoms with Crippen molar-refractivity contribution in [2.24, 2.45) is 0 Å². The summed E-state index contributed by atoms with van der Waals surface area (Å²) in [7, 11) is -0.260. The van der Waals surface area contributed by atoms with E-state index in [0.717, 1.165) is 24.6 Å². The molecule has 3 fully saturated rings. The summed E-state index contributed by atoms with van der Waals surface area (Å²) in [6.45, 7) is 10.2. The van der Waals surface area contributed by atoms with Crippen LogP contribution in [0.2, 0.25) is 0 Å². The largest absolute Gasteiger partial charge is 0.494 e. The first-order chi connectivity index (χ1) is 11.4. The topological polar surface area (TPSA) is 27.7 Å². The fourth-order valence-electron chi connectivity index (χ4n) is 3.82. The van der Waals surface area contributed by atoms with Gasteiger partial charge in [0.1, 0.15) is 0 Å². The molecule has 1 aliphatic carbocycles. The quantitative estimate of drug-likeness (QED) is 0.791. The van der Waals surface area contributed by atoms with Crippen LogP contribution < -0.4 is 5.46 Å². The molecule has 2 aliphatic heterocycles. The highest BCUT2D eigenvalue weighted by atomic mass is 16.7. The summed E-state index contributed by atoms with van der Waals surface area (Å²) >= 11 is 0. The van der Waals surface area contributed by atoms with E-state index in [9.17, 15) is 0 Å². The van der Waals surface area contributed by atoms with E-state index in [-0.39, 0.29) is 18.3 Å². The van der Waals surface area contributed by atoms with Crippen LogP contribution in [0.3, 0.4) is 0 Å². The average molecular weight is 328 g/mol. The van der Waals surface area contributed by atoms with Gasteiger partial charge in [-0.25, -0.2) is 0 Å². The van der Waals surface area contributed by atoms with Crippen LogP contribution in [0.5, 0.6) is 0 Å². The highest BCUT2D eigenvalue weighted by molar-refractivity contribution is 6.62. The van der Waals surface area contributed by atoms with Crippen LogP contribution >= 0.6 is 0 Å². The van der Waals surface area contributed by atoms with Gasteiger partial charge in [0.05, 0.1) is 17.8 Å². The molecule has 1 atom stereocenters. The van der Waals surface area contributed by atoms with Gasteiger partial charge in [0.15, 0.2) is 0 Å². The molecule has 0 amide bonds. The van der Waals surface area contributed by atoms with Crippen molar-refractivity contribution >= 4 is 12.6 Å². The Balaban J connectivity index is 1.63. The third kappa shape index (κ3) is 2.93. The molecule has 0 radical (unpaired) electrons. The minimum absolute atomic E-state index is 0.260. The molecule has 24 heavy (non-hydrogen) atoms. The first kappa shape index (κ1) is 16.6. The van der Waals surface area contributed by atoms with Crippen molar-refractivity contribution in [3.8, 4) is 0 Å². The second kappa shape index (κ2) is 5.86. The molecule has 0 spiro atoms. The van der Waals surface area contributed by atoms with Crippen LogP contribution in [0.1, 0.15) is 76.3 Å². The van der Waals surface area contributed by atoms with Gasteiger partial charge in [-0.2, -0.15) is 0 Å². The summed E-state index contributed by atoms with van der Waals surface area (Å²) in [6, 6.07) is 6.87. The van der Waals surface area contributed by atoms with Crippen LogP contribution in [0.4, 0.5) is 0 Å². The van der Waals surface area contributed by atoms with Crippen molar-refractivity contribution in [2.45, 2.75) is 76.4 Å². The lowest BCUT2D eigenvalue weighted by Crippen LogP contribution is -2.41. The molecule has 4 rings (SSSR count). The number of hydrogen-bond acceptors (Lipinski definition) is 3. The fourth-order valence-corrected chi connectivity index (χ4v) is 3.82. The van der Waals surface area contributed by atoms with Crippen LogP contribution in [0.15, 0.2) is 18.2 Å². The van der Waals surface area contributed by atoms with Crippen molar-refractivity contribution < 1.29 is 14.0 Å². The van der Waals surface area contributed by atoms with Gasteiger partial charge >= 0.3 is 7.12 Å². The van der Waals surface area contributed by atoms with Crippen molar-refractivity contribution in [3.05, 3.63) is 29.3 Å². The van der Waals surface area contributed by atoms with Gasteiger partial charge in [-0.05, 0) is 75.9 Å². The summed E-state index contributed by atoms with van der Waals surface area (Å²) < 4.78 is 18.2. The predicted octanol–water partition coefficient (Wildman–Crippen LogP) is 3.76. The Morgan fingerprint density at radius 1 is 0.917 bits per heavy atom. The van der Waals surface area contributed by atoms with Gasteiger partial charge in [0.2, 0.25) is 0 Å². The number of hydrogen-bond donors (Lipinski definition) is 0. The fraction of sp³-hybridized carbons (Fsp3) is 0.700. The molecule has 2 heterocycles. The highest BCUT2D eigenvalue weighted by Crippen LogP contribution is 2.44. The molecule has 0 aromatic heterocycles.